The van der Waals surface area contributed by atoms with Gasteiger partial charge in [0.15, 0.2) is 0 Å². The second kappa shape index (κ2) is 7.50. The van der Waals surface area contributed by atoms with Crippen LogP contribution in [-0.2, 0) is 13.1 Å². The average Bonchev–Trinajstić information content (AvgIpc) is 2.89. The van der Waals surface area contributed by atoms with Gasteiger partial charge in [-0.3, -0.25) is 4.90 Å². The van der Waals surface area contributed by atoms with E-state index in [-0.39, 0.29) is 0 Å². The molecule has 0 saturated carbocycles. The molecular formula is C16H21BrN2O. The summed E-state index contributed by atoms with van der Waals surface area (Å²) in [5.74, 6) is 0.919. The van der Waals surface area contributed by atoms with E-state index in [1.165, 1.54) is 11.3 Å². The van der Waals surface area contributed by atoms with Crippen LogP contribution in [-0.4, -0.2) is 18.0 Å². The Morgan fingerprint density at radius 3 is 2.55 bits per heavy atom. The van der Waals surface area contributed by atoms with Crippen LogP contribution in [0.25, 0.3) is 0 Å². The Morgan fingerprint density at radius 2 is 1.90 bits per heavy atom. The standard InChI is InChI=1S/C16H21BrN2O/c1-3-19(4-2)12-13-7-5-6-8-15(13)18-11-16-14(17)9-10-20-16/h5-10,18H,3-4,11-12H2,1-2H3. The van der Waals surface area contributed by atoms with Crippen molar-refractivity contribution in [3.05, 3.63) is 52.4 Å². The molecule has 0 aliphatic rings. The van der Waals surface area contributed by atoms with E-state index in [0.717, 1.165) is 29.9 Å². The number of para-hydroxylation sites is 1. The Morgan fingerprint density at radius 1 is 1.15 bits per heavy atom. The molecule has 4 heteroatoms. The lowest BCUT2D eigenvalue weighted by Crippen LogP contribution is -2.22. The van der Waals surface area contributed by atoms with Gasteiger partial charge in [-0.2, -0.15) is 0 Å². The van der Waals surface area contributed by atoms with Crippen LogP contribution in [0.3, 0.4) is 0 Å². The van der Waals surface area contributed by atoms with Gasteiger partial charge in [-0.05, 0) is 46.7 Å². The summed E-state index contributed by atoms with van der Waals surface area (Å²) in [5.41, 5.74) is 2.49. The first kappa shape index (κ1) is 15.1. The maximum atomic E-state index is 5.43. The SMILES string of the molecule is CCN(CC)Cc1ccccc1NCc1occc1Br. The molecule has 0 atom stereocenters. The molecule has 0 unspecified atom stereocenters. The molecule has 0 saturated heterocycles. The normalized spacial score (nSPS) is 11.0. The van der Waals surface area contributed by atoms with Crippen LogP contribution in [0, 0.1) is 0 Å². The molecule has 0 aliphatic carbocycles. The molecule has 20 heavy (non-hydrogen) atoms. The van der Waals surface area contributed by atoms with Gasteiger partial charge in [0.2, 0.25) is 0 Å². The van der Waals surface area contributed by atoms with Crippen molar-refractivity contribution in [2.75, 3.05) is 18.4 Å². The number of halogens is 1. The molecule has 1 N–H and O–H groups in total. The number of anilines is 1. The summed E-state index contributed by atoms with van der Waals surface area (Å²) in [6.07, 6.45) is 1.70. The minimum Gasteiger partial charge on any atom is -0.466 e. The van der Waals surface area contributed by atoms with Gasteiger partial charge in [0.25, 0.3) is 0 Å². The van der Waals surface area contributed by atoms with E-state index in [9.17, 15) is 0 Å². The molecule has 0 bridgehead atoms. The highest BCUT2D eigenvalue weighted by Crippen LogP contribution is 2.21. The molecule has 0 radical (unpaired) electrons. The van der Waals surface area contributed by atoms with Gasteiger partial charge in [-0.25, -0.2) is 0 Å². The third-order valence-electron chi connectivity index (χ3n) is 3.44. The molecule has 3 nitrogen and oxygen atoms in total. The second-order valence-corrected chi connectivity index (χ2v) is 5.52. The summed E-state index contributed by atoms with van der Waals surface area (Å²) < 4.78 is 6.44. The molecular weight excluding hydrogens is 316 g/mol. The Balaban J connectivity index is 2.06. The van der Waals surface area contributed by atoms with Gasteiger partial charge < -0.3 is 9.73 Å². The number of nitrogens with one attached hydrogen (secondary N) is 1. The molecule has 2 rings (SSSR count). The van der Waals surface area contributed by atoms with Crippen LogP contribution in [0.1, 0.15) is 25.2 Å². The fraction of sp³-hybridized carbons (Fsp3) is 0.375. The maximum absolute atomic E-state index is 5.43. The van der Waals surface area contributed by atoms with Crippen molar-refractivity contribution in [3.8, 4) is 0 Å². The Kier molecular flexibility index (Phi) is 5.68. The van der Waals surface area contributed by atoms with Gasteiger partial charge >= 0.3 is 0 Å². The fourth-order valence-corrected chi connectivity index (χ4v) is 2.49. The van der Waals surface area contributed by atoms with E-state index in [1.54, 1.807) is 6.26 Å². The molecule has 2 aromatic rings. The van der Waals surface area contributed by atoms with E-state index in [4.69, 9.17) is 4.42 Å². The van der Waals surface area contributed by atoms with Gasteiger partial charge in [0.05, 0.1) is 17.3 Å². The fourth-order valence-electron chi connectivity index (χ4n) is 2.15. The summed E-state index contributed by atoms with van der Waals surface area (Å²) >= 11 is 3.48. The van der Waals surface area contributed by atoms with Crippen LogP contribution < -0.4 is 5.32 Å². The van der Waals surface area contributed by atoms with Crippen molar-refractivity contribution in [2.45, 2.75) is 26.9 Å². The van der Waals surface area contributed by atoms with E-state index in [2.05, 4.69) is 64.3 Å². The zero-order valence-corrected chi connectivity index (χ0v) is 13.6. The number of hydrogen-bond donors (Lipinski definition) is 1. The highest BCUT2D eigenvalue weighted by atomic mass is 79.9. The first-order valence-electron chi connectivity index (χ1n) is 7.00. The highest BCUT2D eigenvalue weighted by molar-refractivity contribution is 9.10. The summed E-state index contributed by atoms with van der Waals surface area (Å²) in [6, 6.07) is 10.4. The van der Waals surface area contributed by atoms with E-state index >= 15 is 0 Å². The smallest absolute Gasteiger partial charge is 0.136 e. The lowest BCUT2D eigenvalue weighted by Gasteiger charge is -2.20. The van der Waals surface area contributed by atoms with Crippen LogP contribution in [0.4, 0.5) is 5.69 Å². The first-order chi connectivity index (χ1) is 9.74. The maximum Gasteiger partial charge on any atom is 0.136 e. The third-order valence-corrected chi connectivity index (χ3v) is 4.14. The lowest BCUT2D eigenvalue weighted by molar-refractivity contribution is 0.296. The molecule has 1 aromatic carbocycles. The number of hydrogen-bond acceptors (Lipinski definition) is 3. The van der Waals surface area contributed by atoms with Gasteiger partial charge in [0, 0.05) is 12.2 Å². The molecule has 0 aliphatic heterocycles. The molecule has 0 amide bonds. The predicted octanol–water partition coefficient (Wildman–Crippen LogP) is 4.50. The summed E-state index contributed by atoms with van der Waals surface area (Å²) in [5, 5.41) is 3.46. The minimum atomic E-state index is 0.683. The zero-order chi connectivity index (χ0) is 14.4. The predicted molar refractivity (Wildman–Crippen MR) is 86.8 cm³/mol. The molecule has 1 heterocycles. The van der Waals surface area contributed by atoms with Crippen LogP contribution >= 0.6 is 15.9 Å². The average molecular weight is 337 g/mol. The second-order valence-electron chi connectivity index (χ2n) is 4.66. The first-order valence-corrected chi connectivity index (χ1v) is 7.79. The zero-order valence-electron chi connectivity index (χ0n) is 12.0. The summed E-state index contributed by atoms with van der Waals surface area (Å²) in [4.78, 5) is 2.41. The van der Waals surface area contributed by atoms with Crippen LogP contribution in [0.15, 0.2) is 45.5 Å². The topological polar surface area (TPSA) is 28.4 Å². The van der Waals surface area contributed by atoms with Gasteiger partial charge in [-0.15, -0.1) is 0 Å². The van der Waals surface area contributed by atoms with Gasteiger partial charge in [0.1, 0.15) is 5.76 Å². The summed E-state index contributed by atoms with van der Waals surface area (Å²) in [7, 11) is 0. The van der Waals surface area contributed by atoms with E-state index in [1.807, 2.05) is 6.07 Å². The van der Waals surface area contributed by atoms with Crippen molar-refractivity contribution in [2.24, 2.45) is 0 Å². The molecule has 0 fully saturated rings. The quantitative estimate of drug-likeness (QED) is 0.807. The molecule has 108 valence electrons. The van der Waals surface area contributed by atoms with Crippen molar-refractivity contribution >= 4 is 21.6 Å². The van der Waals surface area contributed by atoms with Crippen LogP contribution in [0.5, 0.6) is 0 Å². The largest absolute Gasteiger partial charge is 0.466 e. The Hall–Kier alpha value is -1.26. The molecule has 1 aromatic heterocycles. The third kappa shape index (κ3) is 3.87. The Labute approximate surface area is 129 Å². The monoisotopic (exact) mass is 336 g/mol. The number of benzene rings is 1. The van der Waals surface area contributed by atoms with Crippen LogP contribution in [0.2, 0.25) is 0 Å². The van der Waals surface area contributed by atoms with Crippen molar-refractivity contribution in [1.29, 1.82) is 0 Å². The number of rotatable bonds is 7. The van der Waals surface area contributed by atoms with E-state index in [0.29, 0.717) is 6.54 Å². The van der Waals surface area contributed by atoms with Crippen molar-refractivity contribution in [3.63, 3.8) is 0 Å². The summed E-state index contributed by atoms with van der Waals surface area (Å²) in [6.45, 7) is 8.17. The van der Waals surface area contributed by atoms with Crippen molar-refractivity contribution < 1.29 is 4.42 Å². The number of furan rings is 1. The molecule has 0 spiro atoms. The highest BCUT2D eigenvalue weighted by Gasteiger charge is 2.08. The minimum absolute atomic E-state index is 0.683. The Bertz CT molecular complexity index is 535. The lowest BCUT2D eigenvalue weighted by atomic mass is 10.1. The van der Waals surface area contributed by atoms with Gasteiger partial charge in [-0.1, -0.05) is 32.0 Å². The number of nitrogens with zero attached hydrogens (tertiary/aromatic N) is 1. The van der Waals surface area contributed by atoms with Crippen molar-refractivity contribution in [1.82, 2.24) is 4.90 Å². The van der Waals surface area contributed by atoms with E-state index < -0.39 is 0 Å².